The standard InChI is InChI=1S/C24H28N6O2S/c1-16-20-12-11-19(15-21(20)28-30(16)5)29(4)22-13-14-25-23(27-22)26-18-9-7-17(8-10-18)24(2,3)33(6,31)32/h7-15H,1-6H3,(H,25,26,27). The van der Waals surface area contributed by atoms with Crippen molar-refractivity contribution in [2.75, 3.05) is 23.5 Å². The summed E-state index contributed by atoms with van der Waals surface area (Å²) in [7, 11) is 0.650. The first kappa shape index (κ1) is 22.7. The fourth-order valence-corrected chi connectivity index (χ4v) is 4.12. The van der Waals surface area contributed by atoms with Crippen molar-refractivity contribution >= 4 is 43.9 Å². The largest absolute Gasteiger partial charge is 0.329 e. The van der Waals surface area contributed by atoms with Gasteiger partial charge in [-0.3, -0.25) is 4.68 Å². The van der Waals surface area contributed by atoms with Gasteiger partial charge in [-0.1, -0.05) is 12.1 Å². The van der Waals surface area contributed by atoms with E-state index in [1.165, 1.54) is 6.26 Å². The first-order valence-corrected chi connectivity index (χ1v) is 12.4. The summed E-state index contributed by atoms with van der Waals surface area (Å²) >= 11 is 0. The highest BCUT2D eigenvalue weighted by atomic mass is 32.2. The van der Waals surface area contributed by atoms with Gasteiger partial charge in [0.05, 0.1) is 10.3 Å². The summed E-state index contributed by atoms with van der Waals surface area (Å²) in [5, 5.41) is 8.89. The van der Waals surface area contributed by atoms with E-state index in [2.05, 4.69) is 39.4 Å². The lowest BCUT2D eigenvalue weighted by Crippen LogP contribution is -2.27. The van der Waals surface area contributed by atoms with Gasteiger partial charge in [0.1, 0.15) is 5.82 Å². The van der Waals surface area contributed by atoms with Crippen LogP contribution in [0.3, 0.4) is 0 Å². The fraction of sp³-hybridized carbons (Fsp3) is 0.292. The summed E-state index contributed by atoms with van der Waals surface area (Å²) in [6.45, 7) is 5.46. The van der Waals surface area contributed by atoms with Crippen molar-refractivity contribution in [3.63, 3.8) is 0 Å². The Balaban J connectivity index is 1.56. The van der Waals surface area contributed by atoms with Gasteiger partial charge in [0.25, 0.3) is 0 Å². The lowest BCUT2D eigenvalue weighted by atomic mass is 10.0. The lowest BCUT2D eigenvalue weighted by molar-refractivity contribution is 0.561. The Kier molecular flexibility index (Phi) is 5.61. The molecule has 0 aliphatic carbocycles. The van der Waals surface area contributed by atoms with Crippen LogP contribution >= 0.6 is 0 Å². The number of benzene rings is 2. The van der Waals surface area contributed by atoms with E-state index in [0.717, 1.165) is 39.4 Å². The van der Waals surface area contributed by atoms with Crippen molar-refractivity contribution in [1.82, 2.24) is 19.7 Å². The molecule has 0 atom stereocenters. The molecule has 2 aromatic heterocycles. The van der Waals surface area contributed by atoms with Crippen LogP contribution in [0, 0.1) is 6.92 Å². The van der Waals surface area contributed by atoms with Gasteiger partial charge in [-0.15, -0.1) is 0 Å². The van der Waals surface area contributed by atoms with E-state index < -0.39 is 14.6 Å². The van der Waals surface area contributed by atoms with Crippen LogP contribution in [0.15, 0.2) is 54.7 Å². The number of fused-ring (bicyclic) bond motifs is 1. The Labute approximate surface area is 194 Å². The minimum Gasteiger partial charge on any atom is -0.329 e. The smallest absolute Gasteiger partial charge is 0.229 e. The zero-order valence-corrected chi connectivity index (χ0v) is 20.5. The molecule has 0 fully saturated rings. The molecule has 4 aromatic rings. The minimum atomic E-state index is -3.24. The summed E-state index contributed by atoms with van der Waals surface area (Å²) in [5.74, 6) is 1.18. The molecule has 0 aliphatic heterocycles. The van der Waals surface area contributed by atoms with Crippen LogP contribution in [-0.4, -0.2) is 41.5 Å². The number of aromatic nitrogens is 4. The number of nitrogens with zero attached hydrogens (tertiary/aromatic N) is 5. The fourth-order valence-electron chi connectivity index (χ4n) is 3.55. The average molecular weight is 465 g/mol. The van der Waals surface area contributed by atoms with Crippen molar-refractivity contribution in [1.29, 1.82) is 0 Å². The quantitative estimate of drug-likeness (QED) is 0.450. The summed E-state index contributed by atoms with van der Waals surface area (Å²) in [5.41, 5.74) is 4.53. The molecule has 33 heavy (non-hydrogen) atoms. The third-order valence-corrected chi connectivity index (χ3v) is 8.34. The molecule has 9 heteroatoms. The van der Waals surface area contributed by atoms with Gasteiger partial charge in [-0.2, -0.15) is 10.1 Å². The first-order valence-electron chi connectivity index (χ1n) is 10.5. The zero-order chi connectivity index (χ0) is 24.0. The maximum atomic E-state index is 12.1. The monoisotopic (exact) mass is 464 g/mol. The molecule has 2 aromatic carbocycles. The number of nitrogens with one attached hydrogen (secondary N) is 1. The van der Waals surface area contributed by atoms with Crippen LogP contribution in [0.5, 0.6) is 0 Å². The molecule has 0 aliphatic rings. The van der Waals surface area contributed by atoms with E-state index in [1.807, 2.05) is 60.1 Å². The van der Waals surface area contributed by atoms with Crippen molar-refractivity contribution in [3.05, 3.63) is 66.0 Å². The molecule has 1 N–H and O–H groups in total. The number of hydrogen-bond donors (Lipinski definition) is 1. The van der Waals surface area contributed by atoms with Crippen LogP contribution in [0.1, 0.15) is 25.1 Å². The normalized spacial score (nSPS) is 12.2. The highest BCUT2D eigenvalue weighted by Crippen LogP contribution is 2.31. The number of aryl methyl sites for hydroxylation is 2. The Morgan fingerprint density at radius 3 is 2.42 bits per heavy atom. The van der Waals surface area contributed by atoms with Gasteiger partial charge in [-0.05, 0) is 62.7 Å². The molecule has 172 valence electrons. The lowest BCUT2D eigenvalue weighted by Gasteiger charge is -2.23. The molecule has 0 saturated heterocycles. The topological polar surface area (TPSA) is 93.0 Å². The van der Waals surface area contributed by atoms with E-state index in [-0.39, 0.29) is 0 Å². The average Bonchev–Trinajstić information content (AvgIpc) is 3.06. The molecule has 0 spiro atoms. The summed E-state index contributed by atoms with van der Waals surface area (Å²) in [6, 6.07) is 15.3. The number of hydrogen-bond acceptors (Lipinski definition) is 7. The molecule has 0 radical (unpaired) electrons. The van der Waals surface area contributed by atoms with Crippen LogP contribution in [0.2, 0.25) is 0 Å². The summed E-state index contributed by atoms with van der Waals surface area (Å²) in [4.78, 5) is 10.9. The summed E-state index contributed by atoms with van der Waals surface area (Å²) in [6.07, 6.45) is 2.95. The molecule has 2 heterocycles. The van der Waals surface area contributed by atoms with Crippen LogP contribution in [0.4, 0.5) is 23.1 Å². The van der Waals surface area contributed by atoms with Crippen molar-refractivity contribution in [2.45, 2.75) is 25.5 Å². The van der Waals surface area contributed by atoms with Crippen molar-refractivity contribution < 1.29 is 8.42 Å². The van der Waals surface area contributed by atoms with Crippen LogP contribution in [0.25, 0.3) is 10.9 Å². The Morgan fingerprint density at radius 1 is 1.06 bits per heavy atom. The maximum absolute atomic E-state index is 12.1. The van der Waals surface area contributed by atoms with Crippen molar-refractivity contribution in [3.8, 4) is 0 Å². The molecule has 0 bridgehead atoms. The molecular formula is C24H28N6O2S. The van der Waals surface area contributed by atoms with Gasteiger partial charge in [-0.25, -0.2) is 13.4 Å². The van der Waals surface area contributed by atoms with Crippen LogP contribution in [-0.2, 0) is 21.6 Å². The molecule has 0 unspecified atom stereocenters. The van der Waals surface area contributed by atoms with Gasteiger partial charge in [0.15, 0.2) is 9.84 Å². The van der Waals surface area contributed by atoms with Crippen molar-refractivity contribution in [2.24, 2.45) is 7.05 Å². The third-order valence-electron chi connectivity index (χ3n) is 6.25. The van der Waals surface area contributed by atoms with E-state index in [4.69, 9.17) is 0 Å². The number of sulfone groups is 1. The second-order valence-electron chi connectivity index (χ2n) is 8.69. The first-order chi connectivity index (χ1) is 15.5. The number of anilines is 4. The maximum Gasteiger partial charge on any atom is 0.229 e. The minimum absolute atomic E-state index is 0.448. The van der Waals surface area contributed by atoms with Gasteiger partial charge in [0, 0.05) is 49.0 Å². The van der Waals surface area contributed by atoms with E-state index in [9.17, 15) is 8.42 Å². The molecule has 8 nitrogen and oxygen atoms in total. The number of rotatable bonds is 6. The van der Waals surface area contributed by atoms with E-state index in [0.29, 0.717) is 5.95 Å². The predicted molar refractivity (Wildman–Crippen MR) is 133 cm³/mol. The zero-order valence-electron chi connectivity index (χ0n) is 19.7. The molecule has 0 saturated carbocycles. The van der Waals surface area contributed by atoms with Gasteiger partial charge in [0.2, 0.25) is 5.95 Å². The van der Waals surface area contributed by atoms with Gasteiger partial charge >= 0.3 is 0 Å². The Bertz CT molecular complexity index is 1430. The van der Waals surface area contributed by atoms with E-state index in [1.54, 1.807) is 20.0 Å². The predicted octanol–water partition coefficient (Wildman–Crippen LogP) is 4.46. The highest BCUT2D eigenvalue weighted by molar-refractivity contribution is 7.91. The highest BCUT2D eigenvalue weighted by Gasteiger charge is 2.32. The second-order valence-corrected chi connectivity index (χ2v) is 11.3. The third kappa shape index (κ3) is 4.28. The second kappa shape index (κ2) is 8.15. The Morgan fingerprint density at radius 2 is 1.76 bits per heavy atom. The molecule has 0 amide bonds. The molecule has 4 rings (SSSR count). The van der Waals surface area contributed by atoms with Gasteiger partial charge < -0.3 is 10.2 Å². The Hall–Kier alpha value is -3.46. The SMILES string of the molecule is Cc1c2ccc(N(C)c3ccnc(Nc4ccc(C(C)(C)S(C)(=O)=O)cc4)n3)cc2nn1C. The molecular weight excluding hydrogens is 436 g/mol. The van der Waals surface area contributed by atoms with Crippen LogP contribution < -0.4 is 10.2 Å². The van der Waals surface area contributed by atoms with E-state index >= 15 is 0 Å². The summed E-state index contributed by atoms with van der Waals surface area (Å²) < 4.78 is 25.1.